The largest absolute Gasteiger partial charge is 0.606 e. The van der Waals surface area contributed by atoms with Gasteiger partial charge >= 0.3 is 31.5 Å². The molecule has 76 heavy (non-hydrogen) atoms. The summed E-state index contributed by atoms with van der Waals surface area (Å²) in [4.78, 5) is 68.8. The zero-order valence-corrected chi connectivity index (χ0v) is 45.1. The second-order valence-electron chi connectivity index (χ2n) is 19.1. The highest BCUT2D eigenvalue weighted by Crippen LogP contribution is 2.47. The zero-order chi connectivity index (χ0) is 54.5. The van der Waals surface area contributed by atoms with Crippen LogP contribution in [0.15, 0.2) is 33.5 Å². The molecule has 0 radical (unpaired) electrons. The Balaban J connectivity index is 0.897. The molecule has 4 rings (SSSR count). The Morgan fingerprint density at radius 2 is 1.01 bits per heavy atom. The highest BCUT2D eigenvalue weighted by atomic mass is 31.2. The smallest absolute Gasteiger partial charge is 0.376 e. The van der Waals surface area contributed by atoms with Crippen molar-refractivity contribution in [2.24, 2.45) is 5.73 Å². The number of nitrogens with zero attached hydrogens (tertiary/aromatic N) is 6. The van der Waals surface area contributed by atoms with Crippen molar-refractivity contribution in [2.75, 3.05) is 63.3 Å². The second kappa shape index (κ2) is 38.3. The van der Waals surface area contributed by atoms with Gasteiger partial charge in [-0.05, 0) is 71.3 Å². The topological polar surface area (TPSA) is 335 Å². The quantitative estimate of drug-likeness (QED) is 0.00902. The zero-order valence-electron chi connectivity index (χ0n) is 44.3. The minimum atomic E-state index is -4.36. The number of ether oxygens (including phenoxy) is 3. The third-order valence-electron chi connectivity index (χ3n) is 12.8. The first-order valence-corrected chi connectivity index (χ1v) is 29.0. The average molecular weight is 1090 g/mol. The summed E-state index contributed by atoms with van der Waals surface area (Å²) in [7, 11) is -4.36. The van der Waals surface area contributed by atoms with Crippen molar-refractivity contribution in [1.82, 2.24) is 20.6 Å². The monoisotopic (exact) mass is 1090 g/mol. The van der Waals surface area contributed by atoms with Crippen LogP contribution >= 0.6 is 8.17 Å². The van der Waals surface area contributed by atoms with E-state index in [-0.39, 0.29) is 66.1 Å². The minimum absolute atomic E-state index is 0.0162. The number of unbranched alkanes of at least 4 members (excludes halogenated alkanes) is 23. The van der Waals surface area contributed by atoms with E-state index in [4.69, 9.17) is 38.2 Å². The summed E-state index contributed by atoms with van der Waals surface area (Å²) < 4.78 is 36.2. The van der Waals surface area contributed by atoms with Crippen molar-refractivity contribution >= 4 is 64.9 Å². The number of hydrogen-bond donors (Lipinski definition) is 5. The van der Waals surface area contributed by atoms with E-state index in [0.29, 0.717) is 55.0 Å². The molecule has 6 N–H and O–H groups in total. The molecule has 2 heterocycles. The normalized spacial score (nSPS) is 12.7. The number of benzene rings is 2. The van der Waals surface area contributed by atoms with Crippen molar-refractivity contribution in [3.63, 3.8) is 0 Å². The standard InChI is InChI=1S/C51H82N9O15P/c52-33-38-71-76(67,68)72-40-41(73-47(62)28-22-16-10-4-6-12-18-24-35-54-43-30-32-45(60(65)66)51-49(43)56-75-58-51)39-69-36-25-19-13-7-1-2-8-14-20-26-37-70-46(61)27-21-15-9-3-5-11-17-23-34-53-42-29-31-44(59(63)64)50-48(42)55-74-57-50/h29-32,41H,1-28,33-40,52H2,(H3-,53,54,57,58,63,64,67,68)/p+1/t41-/m0/s1. The number of phosphoric ester groups is 1. The number of phosphoric acid groups is 1. The molecule has 0 saturated carbocycles. The number of hydrogen-bond acceptors (Lipinski definition) is 21. The van der Waals surface area contributed by atoms with E-state index in [2.05, 4.69) is 31.3 Å². The molecule has 1 unspecified atom stereocenters. The number of carbonyl (C=O) groups excluding carboxylic acids is 2. The fraction of sp³-hybridized carbons (Fsp3) is 0.725. The number of non-ortho nitro benzene ring substituents is 1. The highest BCUT2D eigenvalue weighted by Gasteiger charge is 2.30. The van der Waals surface area contributed by atoms with Gasteiger partial charge in [0.15, 0.2) is 17.1 Å². The summed E-state index contributed by atoms with van der Waals surface area (Å²) in [6, 6.07) is 6.15. The Kier molecular flexibility index (Phi) is 31.9. The van der Waals surface area contributed by atoms with E-state index >= 15 is 0 Å². The number of nitrogens with one attached hydrogen (secondary N) is 2. The van der Waals surface area contributed by atoms with Gasteiger partial charge in [-0.1, -0.05) is 128 Å². The summed E-state index contributed by atoms with van der Waals surface area (Å²) in [6.07, 6.45) is 26.5. The molecule has 426 valence electrons. The van der Waals surface area contributed by atoms with Crippen LogP contribution < -0.4 is 21.3 Å². The molecule has 0 saturated heterocycles. The molecule has 4 aromatic rings. The number of nitrogens with two attached hydrogens (primary N) is 1. The van der Waals surface area contributed by atoms with Gasteiger partial charge in [-0.25, -0.2) is 14.5 Å². The van der Waals surface area contributed by atoms with Gasteiger partial charge in [0.25, 0.3) is 4.92 Å². The third-order valence-corrected chi connectivity index (χ3v) is 13.8. The molecule has 0 fully saturated rings. The first-order chi connectivity index (χ1) is 37.0. The third kappa shape index (κ3) is 26.2. The number of fused-ring (bicyclic) bond motifs is 2. The summed E-state index contributed by atoms with van der Waals surface area (Å²) in [5, 5.41) is 41.9. The van der Waals surface area contributed by atoms with Crippen LogP contribution in [-0.2, 0) is 32.8 Å². The number of esters is 2. The van der Waals surface area contributed by atoms with Gasteiger partial charge in [-0.3, -0.25) is 19.7 Å². The van der Waals surface area contributed by atoms with Gasteiger partial charge in [0.05, 0.1) is 34.4 Å². The van der Waals surface area contributed by atoms with Crippen molar-refractivity contribution in [3.05, 3.63) is 39.3 Å². The molecule has 0 aliphatic carbocycles. The molecule has 0 bridgehead atoms. The van der Waals surface area contributed by atoms with Crippen molar-refractivity contribution in [1.29, 1.82) is 0 Å². The Hall–Kier alpha value is -5.23. The average Bonchev–Trinajstić information content (AvgIpc) is 4.11. The lowest BCUT2D eigenvalue weighted by Crippen LogP contribution is -2.31. The van der Waals surface area contributed by atoms with Gasteiger partial charge in [0, 0.05) is 51.2 Å². The van der Waals surface area contributed by atoms with E-state index in [1.807, 2.05) is 0 Å². The van der Waals surface area contributed by atoms with Gasteiger partial charge in [-0.15, -0.1) is 0 Å². The fourth-order valence-electron chi connectivity index (χ4n) is 8.59. The van der Waals surface area contributed by atoms with E-state index in [1.165, 1.54) is 18.6 Å². The van der Waals surface area contributed by atoms with Gasteiger partial charge < -0.3 is 35.5 Å². The lowest BCUT2D eigenvalue weighted by Gasteiger charge is -2.23. The van der Waals surface area contributed by atoms with Crippen LogP contribution in [0.3, 0.4) is 0 Å². The van der Waals surface area contributed by atoms with Crippen LogP contribution in [0.2, 0.25) is 0 Å². The SMILES string of the molecule is NCCO[P+]([O-])(O)OC[C@H](COCCCCCCCCCCCCOC(=O)CCCCCCCCCCNc1ccc([N+](=O)O)c2nonc12)OC(=O)CCCCCCCCCCNc1ccc([N+](=O)[O-])c2nonc12. The van der Waals surface area contributed by atoms with E-state index in [9.17, 15) is 39.6 Å². The summed E-state index contributed by atoms with van der Waals surface area (Å²) >= 11 is 0. The molecule has 0 amide bonds. The molecule has 0 aliphatic heterocycles. The molecular weight excluding hydrogens is 1010 g/mol. The molecule has 25 heteroatoms. The van der Waals surface area contributed by atoms with Crippen LogP contribution in [-0.4, -0.2) is 111 Å². The van der Waals surface area contributed by atoms with Crippen LogP contribution in [0.25, 0.3) is 22.1 Å². The molecule has 0 aliphatic rings. The van der Waals surface area contributed by atoms with Crippen LogP contribution in [0.1, 0.15) is 180 Å². The van der Waals surface area contributed by atoms with Crippen LogP contribution in [0, 0.1) is 15.0 Å². The van der Waals surface area contributed by atoms with Crippen molar-refractivity contribution < 1.29 is 66.9 Å². The Morgan fingerprint density at radius 1 is 0.579 bits per heavy atom. The molecule has 2 atom stereocenters. The Morgan fingerprint density at radius 3 is 1.51 bits per heavy atom. The van der Waals surface area contributed by atoms with E-state index in [1.54, 1.807) is 12.1 Å². The number of carbonyl (C=O) groups is 2. The predicted octanol–water partition coefficient (Wildman–Crippen LogP) is 10.4. The van der Waals surface area contributed by atoms with Crippen LogP contribution in [0.4, 0.5) is 22.7 Å². The Labute approximate surface area is 445 Å². The van der Waals surface area contributed by atoms with Crippen molar-refractivity contribution in [2.45, 2.75) is 186 Å². The van der Waals surface area contributed by atoms with Crippen molar-refractivity contribution in [3.8, 4) is 0 Å². The molecule has 0 spiro atoms. The maximum atomic E-state index is 12.7. The fourth-order valence-corrected chi connectivity index (χ4v) is 9.35. The van der Waals surface area contributed by atoms with E-state index in [0.717, 1.165) is 161 Å². The number of aromatic nitrogens is 4. The van der Waals surface area contributed by atoms with Gasteiger partial charge in [0.2, 0.25) is 11.0 Å². The number of nitro benzene ring substituents is 1. The molecule has 24 nitrogen and oxygen atoms in total. The summed E-state index contributed by atoms with van der Waals surface area (Å²) in [5.74, 6) is -0.524. The second-order valence-corrected chi connectivity index (χ2v) is 20.5. The summed E-state index contributed by atoms with van der Waals surface area (Å²) in [5.41, 5.74) is 7.64. The first kappa shape index (κ1) is 63.3. The lowest BCUT2D eigenvalue weighted by molar-refractivity contribution is -0.728. The van der Waals surface area contributed by atoms with E-state index < -0.39 is 25.2 Å². The first-order valence-electron chi connectivity index (χ1n) is 27.5. The van der Waals surface area contributed by atoms with Crippen LogP contribution in [0.5, 0.6) is 0 Å². The number of rotatable bonds is 48. The summed E-state index contributed by atoms with van der Waals surface area (Å²) in [6.45, 7) is 1.96. The minimum Gasteiger partial charge on any atom is -0.606 e. The highest BCUT2D eigenvalue weighted by molar-refractivity contribution is 7.52. The van der Waals surface area contributed by atoms with Gasteiger partial charge in [0.1, 0.15) is 13.2 Å². The maximum Gasteiger partial charge on any atom is 0.376 e. The molecule has 2 aromatic carbocycles. The number of nitro groups is 1. The lowest BCUT2D eigenvalue weighted by atomic mass is 10.1. The molecule has 2 aromatic heterocycles. The predicted molar refractivity (Wildman–Crippen MR) is 283 cm³/mol. The maximum absolute atomic E-state index is 12.7. The molecular formula is C51H83N9O15P+. The van der Waals surface area contributed by atoms with Gasteiger partial charge in [-0.2, -0.15) is 13.9 Å². The number of anilines is 2. The Bertz CT molecular complexity index is 2250.